The highest BCUT2D eigenvalue weighted by Crippen LogP contribution is 2.29. The van der Waals surface area contributed by atoms with Crippen LogP contribution in [0.25, 0.3) is 0 Å². The topological polar surface area (TPSA) is 57.6 Å². The SMILES string of the molecule is O=C(Nc1ccncc1)N1CC(c2ccccc2)C(c2ccc(Cl)cc2)=N1. The number of amides is 2. The maximum Gasteiger partial charge on any atom is 0.342 e. The fraction of sp³-hybridized carbons (Fsp3) is 0.0952. The third kappa shape index (κ3) is 3.83. The van der Waals surface area contributed by atoms with Gasteiger partial charge in [-0.2, -0.15) is 5.10 Å². The zero-order chi connectivity index (χ0) is 18.6. The van der Waals surface area contributed by atoms with Crippen LogP contribution in [0.2, 0.25) is 5.02 Å². The highest BCUT2D eigenvalue weighted by atomic mass is 35.5. The first-order valence-corrected chi connectivity index (χ1v) is 8.96. The van der Waals surface area contributed by atoms with Crippen molar-refractivity contribution in [3.05, 3.63) is 95.3 Å². The summed E-state index contributed by atoms with van der Waals surface area (Å²) in [5.41, 5.74) is 3.60. The summed E-state index contributed by atoms with van der Waals surface area (Å²) in [7, 11) is 0. The Labute approximate surface area is 162 Å². The fourth-order valence-corrected chi connectivity index (χ4v) is 3.21. The van der Waals surface area contributed by atoms with E-state index in [2.05, 4.69) is 27.5 Å². The molecule has 5 nitrogen and oxygen atoms in total. The summed E-state index contributed by atoms with van der Waals surface area (Å²) in [6, 6.07) is 20.8. The number of pyridine rings is 1. The first-order valence-electron chi connectivity index (χ1n) is 8.58. The summed E-state index contributed by atoms with van der Waals surface area (Å²) in [4.78, 5) is 16.6. The summed E-state index contributed by atoms with van der Waals surface area (Å²) >= 11 is 6.02. The molecule has 1 aliphatic heterocycles. The molecular formula is C21H17ClN4O. The molecule has 0 saturated heterocycles. The van der Waals surface area contributed by atoms with Gasteiger partial charge >= 0.3 is 6.03 Å². The lowest BCUT2D eigenvalue weighted by Gasteiger charge is -2.16. The summed E-state index contributed by atoms with van der Waals surface area (Å²) in [6.07, 6.45) is 3.27. The predicted octanol–water partition coefficient (Wildman–Crippen LogP) is 4.77. The van der Waals surface area contributed by atoms with Crippen molar-refractivity contribution in [2.45, 2.75) is 5.92 Å². The molecule has 0 radical (unpaired) electrons. The molecule has 2 amide bonds. The minimum Gasteiger partial charge on any atom is -0.306 e. The molecule has 1 unspecified atom stereocenters. The second kappa shape index (κ2) is 7.60. The molecule has 0 spiro atoms. The van der Waals surface area contributed by atoms with Crippen LogP contribution in [-0.2, 0) is 0 Å². The molecule has 1 N–H and O–H groups in total. The number of hydrogen-bond donors (Lipinski definition) is 1. The largest absolute Gasteiger partial charge is 0.342 e. The van der Waals surface area contributed by atoms with E-state index in [9.17, 15) is 4.79 Å². The van der Waals surface area contributed by atoms with Crippen molar-refractivity contribution in [1.82, 2.24) is 9.99 Å². The van der Waals surface area contributed by atoms with E-state index in [1.165, 1.54) is 5.01 Å². The molecule has 0 aliphatic carbocycles. The Morgan fingerprint density at radius 2 is 1.70 bits per heavy atom. The van der Waals surface area contributed by atoms with E-state index in [1.54, 1.807) is 24.5 Å². The maximum atomic E-state index is 12.7. The van der Waals surface area contributed by atoms with Crippen LogP contribution in [0.3, 0.4) is 0 Å². The quantitative estimate of drug-likeness (QED) is 0.715. The predicted molar refractivity (Wildman–Crippen MR) is 107 cm³/mol. The van der Waals surface area contributed by atoms with E-state index < -0.39 is 0 Å². The lowest BCUT2D eigenvalue weighted by molar-refractivity contribution is 0.218. The van der Waals surface area contributed by atoms with Gasteiger partial charge in [-0.25, -0.2) is 9.80 Å². The zero-order valence-corrected chi connectivity index (χ0v) is 15.2. The van der Waals surface area contributed by atoms with Crippen molar-refractivity contribution in [3.8, 4) is 0 Å². The highest BCUT2D eigenvalue weighted by molar-refractivity contribution is 6.30. The van der Waals surface area contributed by atoms with Crippen LogP contribution in [0, 0.1) is 0 Å². The molecule has 0 fully saturated rings. The Morgan fingerprint density at radius 1 is 1.00 bits per heavy atom. The minimum atomic E-state index is -0.272. The van der Waals surface area contributed by atoms with Gasteiger partial charge in [-0.1, -0.05) is 54.1 Å². The van der Waals surface area contributed by atoms with Crippen LogP contribution < -0.4 is 5.32 Å². The highest BCUT2D eigenvalue weighted by Gasteiger charge is 2.32. The number of benzene rings is 2. The summed E-state index contributed by atoms with van der Waals surface area (Å²) in [5.74, 6) is -0.00411. The number of nitrogens with zero attached hydrogens (tertiary/aromatic N) is 3. The second-order valence-electron chi connectivity index (χ2n) is 6.20. The molecule has 4 rings (SSSR count). The van der Waals surface area contributed by atoms with Crippen LogP contribution in [0.1, 0.15) is 17.0 Å². The van der Waals surface area contributed by atoms with Gasteiger partial charge in [0, 0.05) is 29.0 Å². The van der Waals surface area contributed by atoms with E-state index in [0.29, 0.717) is 17.3 Å². The van der Waals surface area contributed by atoms with Gasteiger partial charge in [0.25, 0.3) is 0 Å². The standard InChI is InChI=1S/C21H17ClN4O/c22-17-8-6-16(7-9-17)20-19(15-4-2-1-3-5-15)14-26(25-20)21(27)24-18-10-12-23-13-11-18/h1-13,19H,14H2,(H,23,24,27). The monoisotopic (exact) mass is 376 g/mol. The number of aromatic nitrogens is 1. The van der Waals surface area contributed by atoms with Crippen LogP contribution >= 0.6 is 11.6 Å². The molecule has 0 saturated carbocycles. The molecule has 27 heavy (non-hydrogen) atoms. The average Bonchev–Trinajstić information content (AvgIpc) is 3.16. The average molecular weight is 377 g/mol. The van der Waals surface area contributed by atoms with Crippen LogP contribution in [0.5, 0.6) is 0 Å². The van der Waals surface area contributed by atoms with Crippen molar-refractivity contribution < 1.29 is 4.79 Å². The van der Waals surface area contributed by atoms with Crippen molar-refractivity contribution in [1.29, 1.82) is 0 Å². The molecule has 6 heteroatoms. The molecular weight excluding hydrogens is 360 g/mol. The van der Waals surface area contributed by atoms with Gasteiger partial charge in [-0.15, -0.1) is 0 Å². The molecule has 1 aromatic heterocycles. The first-order chi connectivity index (χ1) is 13.2. The van der Waals surface area contributed by atoms with E-state index in [-0.39, 0.29) is 11.9 Å². The number of rotatable bonds is 3. The van der Waals surface area contributed by atoms with Gasteiger partial charge in [0.05, 0.1) is 12.3 Å². The number of anilines is 1. The third-order valence-electron chi connectivity index (χ3n) is 4.42. The minimum absolute atomic E-state index is 0.00411. The van der Waals surface area contributed by atoms with Crippen molar-refractivity contribution in [2.24, 2.45) is 5.10 Å². The number of carbonyl (C=O) groups is 1. The van der Waals surface area contributed by atoms with Gasteiger partial charge in [0.2, 0.25) is 0 Å². The van der Waals surface area contributed by atoms with E-state index in [0.717, 1.165) is 16.8 Å². The van der Waals surface area contributed by atoms with Crippen molar-refractivity contribution in [3.63, 3.8) is 0 Å². The van der Waals surface area contributed by atoms with Gasteiger partial charge in [-0.05, 0) is 35.4 Å². The zero-order valence-electron chi connectivity index (χ0n) is 14.4. The lowest BCUT2D eigenvalue weighted by Crippen LogP contribution is -2.30. The van der Waals surface area contributed by atoms with Crippen molar-refractivity contribution in [2.75, 3.05) is 11.9 Å². The van der Waals surface area contributed by atoms with E-state index in [1.807, 2.05) is 42.5 Å². The fourth-order valence-electron chi connectivity index (χ4n) is 3.08. The van der Waals surface area contributed by atoms with E-state index in [4.69, 9.17) is 11.6 Å². The Balaban J connectivity index is 1.64. The molecule has 3 aromatic rings. The number of hydrogen-bond acceptors (Lipinski definition) is 3. The van der Waals surface area contributed by atoms with Crippen LogP contribution in [0.4, 0.5) is 10.5 Å². The molecule has 0 bridgehead atoms. The molecule has 134 valence electrons. The Morgan fingerprint density at radius 3 is 2.41 bits per heavy atom. The van der Waals surface area contributed by atoms with Crippen LogP contribution in [-0.4, -0.2) is 28.3 Å². The number of nitrogens with one attached hydrogen (secondary N) is 1. The lowest BCUT2D eigenvalue weighted by atomic mass is 9.91. The smallest absolute Gasteiger partial charge is 0.306 e. The number of urea groups is 1. The number of carbonyl (C=O) groups excluding carboxylic acids is 1. The molecule has 1 atom stereocenters. The number of hydrazone groups is 1. The van der Waals surface area contributed by atoms with Crippen LogP contribution in [0.15, 0.2) is 84.2 Å². The third-order valence-corrected chi connectivity index (χ3v) is 4.67. The summed E-state index contributed by atoms with van der Waals surface area (Å²) < 4.78 is 0. The first kappa shape index (κ1) is 17.2. The second-order valence-corrected chi connectivity index (χ2v) is 6.64. The molecule has 1 aliphatic rings. The summed E-state index contributed by atoms with van der Waals surface area (Å²) in [6.45, 7) is 0.471. The Hall–Kier alpha value is -3.18. The molecule has 2 heterocycles. The normalized spacial score (nSPS) is 16.1. The Bertz CT molecular complexity index is 958. The van der Waals surface area contributed by atoms with E-state index >= 15 is 0 Å². The Kier molecular flexibility index (Phi) is 4.85. The van der Waals surface area contributed by atoms with Gasteiger partial charge < -0.3 is 5.32 Å². The summed E-state index contributed by atoms with van der Waals surface area (Å²) in [5, 5.41) is 9.62. The number of halogens is 1. The van der Waals surface area contributed by atoms with Gasteiger partial charge in [-0.3, -0.25) is 4.98 Å². The molecule has 2 aromatic carbocycles. The van der Waals surface area contributed by atoms with Gasteiger partial charge in [0.15, 0.2) is 0 Å². The van der Waals surface area contributed by atoms with Gasteiger partial charge in [0.1, 0.15) is 0 Å². The maximum absolute atomic E-state index is 12.7. The van der Waals surface area contributed by atoms with Crippen molar-refractivity contribution >= 4 is 29.0 Å².